The third-order valence-corrected chi connectivity index (χ3v) is 7.73. The van der Waals surface area contributed by atoms with Gasteiger partial charge in [-0.3, -0.25) is 4.79 Å². The molecule has 36 heavy (non-hydrogen) atoms. The highest BCUT2D eigenvalue weighted by Gasteiger charge is 2.31. The summed E-state index contributed by atoms with van der Waals surface area (Å²) in [6, 6.07) is 11.6. The van der Waals surface area contributed by atoms with Crippen molar-refractivity contribution in [1.82, 2.24) is 15.4 Å². The zero-order valence-electron chi connectivity index (χ0n) is 20.2. The van der Waals surface area contributed by atoms with Crippen molar-refractivity contribution < 1.29 is 13.7 Å². The number of fused-ring (bicyclic) bond motifs is 1. The van der Waals surface area contributed by atoms with Crippen LogP contribution in [0.25, 0.3) is 17.0 Å². The van der Waals surface area contributed by atoms with Crippen molar-refractivity contribution in [2.75, 3.05) is 26.2 Å². The lowest BCUT2D eigenvalue weighted by molar-refractivity contribution is -0.116. The van der Waals surface area contributed by atoms with E-state index in [0.29, 0.717) is 41.1 Å². The highest BCUT2D eigenvalue weighted by atomic mass is 19.1. The Morgan fingerprint density at radius 3 is 2.78 bits per heavy atom. The first-order valence-corrected chi connectivity index (χ1v) is 12.8. The molecule has 1 aliphatic carbocycles. The van der Waals surface area contributed by atoms with E-state index in [2.05, 4.69) is 20.6 Å². The maximum atomic E-state index is 13.5. The minimum atomic E-state index is -0.307. The second kappa shape index (κ2) is 11.1. The number of nitrogens with zero attached hydrogens (tertiary/aromatic N) is 3. The number of carbonyl (C=O) groups is 1. The second-order valence-corrected chi connectivity index (χ2v) is 9.96. The quantitative estimate of drug-likeness (QED) is 0.319. The van der Waals surface area contributed by atoms with E-state index in [1.54, 1.807) is 30.3 Å². The average molecular weight is 491 g/mol. The van der Waals surface area contributed by atoms with E-state index in [1.807, 2.05) is 6.07 Å². The number of aromatic nitrogens is 1. The molecule has 188 valence electrons. The van der Waals surface area contributed by atoms with Crippen molar-refractivity contribution in [2.45, 2.75) is 38.0 Å². The van der Waals surface area contributed by atoms with Crippen LogP contribution in [-0.2, 0) is 4.79 Å². The molecule has 0 unspecified atom stereocenters. The molecular formula is C28H31FN4O3. The summed E-state index contributed by atoms with van der Waals surface area (Å²) in [5, 5.41) is 11.2. The van der Waals surface area contributed by atoms with Crippen LogP contribution in [0.15, 0.2) is 58.2 Å². The van der Waals surface area contributed by atoms with Gasteiger partial charge in [-0.15, -0.1) is 4.91 Å². The number of halogens is 1. The summed E-state index contributed by atoms with van der Waals surface area (Å²) in [5.74, 6) is 0.916. The first kappa shape index (κ1) is 24.3. The maximum Gasteiger partial charge on any atom is 0.244 e. The number of likely N-dealkylation sites (tertiary alicyclic amines) is 1. The molecule has 1 amide bonds. The molecule has 1 N–H and O–H groups in total. The summed E-state index contributed by atoms with van der Waals surface area (Å²) in [6.07, 6.45) is 8.64. The molecule has 2 atom stereocenters. The van der Waals surface area contributed by atoms with Gasteiger partial charge in [-0.05, 0) is 80.1 Å². The topological polar surface area (TPSA) is 87.8 Å². The van der Waals surface area contributed by atoms with Gasteiger partial charge in [-0.1, -0.05) is 29.8 Å². The Balaban J connectivity index is 1.10. The lowest BCUT2D eigenvalue weighted by atomic mass is 9.89. The van der Waals surface area contributed by atoms with Crippen molar-refractivity contribution in [2.24, 2.45) is 17.0 Å². The summed E-state index contributed by atoms with van der Waals surface area (Å²) in [7, 11) is 0. The van der Waals surface area contributed by atoms with Crippen LogP contribution in [0.5, 0.6) is 0 Å². The molecule has 0 radical (unpaired) electrons. The molecule has 7 nitrogen and oxygen atoms in total. The highest BCUT2D eigenvalue weighted by molar-refractivity contribution is 5.92. The standard InChI is InChI=1S/C28H31FN4O3/c29-23-9-10-24-26(16-23)36-32-28(24)20-12-14-33(15-13-20)18-22-6-3-5-21(22)17-30-27(34)11-8-19-4-1-2-7-25(19)31-35/h1-2,4,7-11,16,20-22H,3,5-6,12-15,17-18H2,(H,30,34)/b11-8+/t21-,22-/m1/s1. The second-order valence-electron chi connectivity index (χ2n) is 9.96. The Kier molecular flexibility index (Phi) is 7.51. The van der Waals surface area contributed by atoms with E-state index in [-0.39, 0.29) is 11.7 Å². The van der Waals surface area contributed by atoms with Crippen LogP contribution in [0.2, 0.25) is 0 Å². The van der Waals surface area contributed by atoms with Crippen LogP contribution in [0.3, 0.4) is 0 Å². The van der Waals surface area contributed by atoms with Gasteiger partial charge in [0.05, 0.1) is 5.69 Å². The number of amides is 1. The van der Waals surface area contributed by atoms with Gasteiger partial charge in [-0.25, -0.2) is 4.39 Å². The Morgan fingerprint density at radius 1 is 1.14 bits per heavy atom. The van der Waals surface area contributed by atoms with E-state index in [4.69, 9.17) is 4.52 Å². The van der Waals surface area contributed by atoms with Gasteiger partial charge < -0.3 is 14.7 Å². The third-order valence-electron chi connectivity index (χ3n) is 7.73. The molecule has 1 aliphatic heterocycles. The fraction of sp³-hybridized carbons (Fsp3) is 0.429. The predicted octanol–water partition coefficient (Wildman–Crippen LogP) is 5.79. The van der Waals surface area contributed by atoms with Gasteiger partial charge in [-0.2, -0.15) is 0 Å². The minimum absolute atomic E-state index is 0.151. The number of nitrogens with one attached hydrogen (secondary N) is 1. The smallest absolute Gasteiger partial charge is 0.244 e. The summed E-state index contributed by atoms with van der Waals surface area (Å²) in [5.41, 5.74) is 2.43. The van der Waals surface area contributed by atoms with Gasteiger partial charge in [0, 0.05) is 42.1 Å². The van der Waals surface area contributed by atoms with Crippen molar-refractivity contribution in [1.29, 1.82) is 0 Å². The molecule has 3 aromatic rings. The molecule has 1 saturated heterocycles. The van der Waals surface area contributed by atoms with Gasteiger partial charge in [0.1, 0.15) is 11.5 Å². The Labute approximate surface area is 209 Å². The van der Waals surface area contributed by atoms with Crippen molar-refractivity contribution in [3.8, 4) is 0 Å². The largest absolute Gasteiger partial charge is 0.356 e. The van der Waals surface area contributed by atoms with E-state index >= 15 is 0 Å². The number of carbonyl (C=O) groups excluding carboxylic acids is 1. The van der Waals surface area contributed by atoms with E-state index in [1.165, 1.54) is 31.1 Å². The third kappa shape index (κ3) is 5.54. The minimum Gasteiger partial charge on any atom is -0.356 e. The first-order chi connectivity index (χ1) is 17.6. The average Bonchev–Trinajstić information content (AvgIpc) is 3.53. The summed E-state index contributed by atoms with van der Waals surface area (Å²) >= 11 is 0. The van der Waals surface area contributed by atoms with Crippen LogP contribution in [0.4, 0.5) is 10.1 Å². The van der Waals surface area contributed by atoms with Crippen molar-refractivity contribution in [3.63, 3.8) is 0 Å². The lowest BCUT2D eigenvalue weighted by Gasteiger charge is -2.34. The number of nitroso groups, excluding NO2 is 1. The number of rotatable bonds is 8. The van der Waals surface area contributed by atoms with Crippen LogP contribution < -0.4 is 5.32 Å². The van der Waals surface area contributed by atoms with Gasteiger partial charge in [0.15, 0.2) is 5.58 Å². The number of hydrogen-bond acceptors (Lipinski definition) is 6. The fourth-order valence-electron chi connectivity index (χ4n) is 5.74. The van der Waals surface area contributed by atoms with Gasteiger partial charge in [0.2, 0.25) is 5.91 Å². The zero-order valence-corrected chi connectivity index (χ0v) is 20.2. The Morgan fingerprint density at radius 2 is 1.94 bits per heavy atom. The number of benzene rings is 2. The maximum absolute atomic E-state index is 13.5. The molecule has 0 bridgehead atoms. The molecule has 0 spiro atoms. The number of piperidine rings is 1. The molecule has 2 heterocycles. The van der Waals surface area contributed by atoms with Crippen molar-refractivity contribution >= 4 is 28.6 Å². The zero-order chi connectivity index (χ0) is 24.9. The Hall–Kier alpha value is -3.39. The molecule has 1 aromatic heterocycles. The first-order valence-electron chi connectivity index (χ1n) is 12.8. The summed E-state index contributed by atoms with van der Waals surface area (Å²) in [6.45, 7) is 3.72. The Bertz CT molecular complexity index is 1250. The molecule has 1 saturated carbocycles. The fourth-order valence-corrected chi connectivity index (χ4v) is 5.74. The predicted molar refractivity (Wildman–Crippen MR) is 137 cm³/mol. The molecule has 2 aliphatic rings. The molecule has 8 heteroatoms. The normalized spacial score (nSPS) is 21.4. The van der Waals surface area contributed by atoms with Crippen molar-refractivity contribution in [3.05, 3.63) is 70.5 Å². The van der Waals surface area contributed by atoms with E-state index in [0.717, 1.165) is 50.0 Å². The summed E-state index contributed by atoms with van der Waals surface area (Å²) < 4.78 is 18.8. The van der Waals surface area contributed by atoms with Gasteiger partial charge >= 0.3 is 0 Å². The molecular weight excluding hydrogens is 459 g/mol. The van der Waals surface area contributed by atoms with E-state index < -0.39 is 0 Å². The van der Waals surface area contributed by atoms with E-state index in [9.17, 15) is 14.1 Å². The van der Waals surface area contributed by atoms with Crippen LogP contribution in [-0.4, -0.2) is 42.1 Å². The lowest BCUT2D eigenvalue weighted by Crippen LogP contribution is -2.39. The molecule has 2 fully saturated rings. The molecule has 5 rings (SSSR count). The SMILES string of the molecule is O=Nc1ccccc1/C=C/C(=O)NC[C@H]1CCC[C@@H]1CN1CCC(c2noc3cc(F)ccc23)CC1. The highest BCUT2D eigenvalue weighted by Crippen LogP contribution is 2.36. The monoisotopic (exact) mass is 490 g/mol. The molecule has 2 aromatic carbocycles. The summed E-state index contributed by atoms with van der Waals surface area (Å²) in [4.78, 5) is 25.8. The van der Waals surface area contributed by atoms with Crippen LogP contribution in [0.1, 0.15) is 49.3 Å². The van der Waals surface area contributed by atoms with Crippen LogP contribution >= 0.6 is 0 Å². The van der Waals surface area contributed by atoms with Gasteiger partial charge in [0.25, 0.3) is 0 Å². The number of hydrogen-bond donors (Lipinski definition) is 1. The van der Waals surface area contributed by atoms with Crippen LogP contribution in [0, 0.1) is 22.6 Å².